The molecule has 2 aromatic carbocycles. The van der Waals surface area contributed by atoms with Crippen LogP contribution in [0.25, 0.3) is 0 Å². The van der Waals surface area contributed by atoms with E-state index in [1.54, 1.807) is 29.8 Å². The van der Waals surface area contributed by atoms with E-state index in [0.717, 1.165) is 38.6 Å². The first-order valence-electron chi connectivity index (χ1n) is 15.7. The molecule has 0 saturated carbocycles. The molecule has 244 valence electrons. The number of carbonyl (C=O) groups is 3. The highest BCUT2D eigenvalue weighted by Gasteiger charge is 2.25. The zero-order valence-corrected chi connectivity index (χ0v) is 29.9. The number of amides is 3. The standard InChI is InChI=1S/C33H43N5O3S2.C2H6/c1-21-16-26(17-28(22(21)2)31(41)38-14-12-37(13-15-38)24(4)39)20-42-29-19-35-32(43-29)36-30(40)27-10-8-25(9-11-27)18-34-23(3)33(5,6)7;1-2/h8-11,16-17,19,23,34H,12-15,18,20H2,1-7H3,(H,35,36,40);1-2H3. The quantitative estimate of drug-likeness (QED) is 0.239. The maximum absolute atomic E-state index is 13.4. The molecule has 0 bridgehead atoms. The van der Waals surface area contributed by atoms with Crippen LogP contribution in [0, 0.1) is 19.3 Å². The Bertz CT molecular complexity index is 1450. The lowest BCUT2D eigenvalue weighted by atomic mass is 9.88. The lowest BCUT2D eigenvalue weighted by Gasteiger charge is -2.34. The second kappa shape index (κ2) is 16.4. The minimum Gasteiger partial charge on any atom is -0.339 e. The van der Waals surface area contributed by atoms with Gasteiger partial charge in [0.15, 0.2) is 5.13 Å². The molecule has 0 radical (unpaired) electrons. The third-order valence-electron chi connectivity index (χ3n) is 8.18. The van der Waals surface area contributed by atoms with Crippen molar-refractivity contribution in [1.29, 1.82) is 0 Å². The Kier molecular flexibility index (Phi) is 13.2. The van der Waals surface area contributed by atoms with Gasteiger partial charge in [-0.05, 0) is 66.6 Å². The molecule has 2 N–H and O–H groups in total. The summed E-state index contributed by atoms with van der Waals surface area (Å²) in [5, 5.41) is 7.02. The number of hydrogen-bond acceptors (Lipinski definition) is 7. The maximum Gasteiger partial charge on any atom is 0.257 e. The van der Waals surface area contributed by atoms with Gasteiger partial charge in [-0.25, -0.2) is 4.98 Å². The van der Waals surface area contributed by atoms with Crippen molar-refractivity contribution in [1.82, 2.24) is 20.1 Å². The number of piperazine rings is 1. The molecule has 45 heavy (non-hydrogen) atoms. The maximum atomic E-state index is 13.4. The van der Waals surface area contributed by atoms with Crippen LogP contribution in [0.15, 0.2) is 46.8 Å². The average Bonchev–Trinajstić information content (AvgIpc) is 3.47. The van der Waals surface area contributed by atoms with Gasteiger partial charge in [-0.2, -0.15) is 0 Å². The molecule has 1 aromatic heterocycles. The fourth-order valence-corrected chi connectivity index (χ4v) is 6.49. The summed E-state index contributed by atoms with van der Waals surface area (Å²) in [5.74, 6) is 0.558. The summed E-state index contributed by atoms with van der Waals surface area (Å²) in [4.78, 5) is 45.9. The smallest absolute Gasteiger partial charge is 0.257 e. The third-order valence-corrected chi connectivity index (χ3v) is 10.4. The minimum absolute atomic E-state index is 0.0159. The number of aromatic nitrogens is 1. The predicted molar refractivity (Wildman–Crippen MR) is 187 cm³/mol. The van der Waals surface area contributed by atoms with Gasteiger partial charge in [0, 0.05) is 62.6 Å². The first-order chi connectivity index (χ1) is 21.3. The molecule has 1 aliphatic heterocycles. The van der Waals surface area contributed by atoms with Crippen molar-refractivity contribution in [3.8, 4) is 0 Å². The molecular formula is C35H49N5O3S2. The van der Waals surface area contributed by atoms with Crippen LogP contribution in [0.4, 0.5) is 5.13 Å². The third kappa shape index (κ3) is 10.1. The number of nitrogens with one attached hydrogen (secondary N) is 2. The van der Waals surface area contributed by atoms with Crippen LogP contribution in [0.5, 0.6) is 0 Å². The van der Waals surface area contributed by atoms with E-state index in [-0.39, 0.29) is 23.1 Å². The fourth-order valence-electron chi connectivity index (χ4n) is 4.69. The molecule has 0 aliphatic carbocycles. The van der Waals surface area contributed by atoms with Crippen molar-refractivity contribution in [3.05, 3.63) is 76.0 Å². The molecule has 3 aromatic rings. The summed E-state index contributed by atoms with van der Waals surface area (Å²) in [6.45, 7) is 21.4. The zero-order chi connectivity index (χ0) is 33.3. The van der Waals surface area contributed by atoms with E-state index in [9.17, 15) is 14.4 Å². The SMILES string of the molecule is CC.CC(=O)N1CCN(C(=O)c2cc(CSc3cnc(NC(=O)c4ccc(CNC(C)C(C)(C)C)cc4)s3)cc(C)c2C)CC1. The molecule has 4 rings (SSSR count). The van der Waals surface area contributed by atoms with E-state index in [1.165, 1.54) is 11.3 Å². The number of nitrogens with zero attached hydrogens (tertiary/aromatic N) is 3. The van der Waals surface area contributed by atoms with Crippen LogP contribution in [-0.2, 0) is 17.1 Å². The molecule has 1 saturated heterocycles. The average molecular weight is 652 g/mol. The van der Waals surface area contributed by atoms with Crippen molar-refractivity contribution in [2.45, 2.75) is 84.9 Å². The Morgan fingerprint density at radius 3 is 2.20 bits per heavy atom. The summed E-state index contributed by atoms with van der Waals surface area (Å²) in [6, 6.07) is 12.1. The van der Waals surface area contributed by atoms with Crippen LogP contribution in [-0.4, -0.2) is 64.7 Å². The fraction of sp³-hybridized carbons (Fsp3) is 0.486. The Labute approximate surface area is 277 Å². The van der Waals surface area contributed by atoms with E-state index < -0.39 is 0 Å². The van der Waals surface area contributed by atoms with E-state index in [2.05, 4.69) is 49.4 Å². The molecule has 2 heterocycles. The van der Waals surface area contributed by atoms with Gasteiger partial charge in [0.05, 0.1) is 10.4 Å². The zero-order valence-electron chi connectivity index (χ0n) is 28.2. The van der Waals surface area contributed by atoms with E-state index in [4.69, 9.17) is 0 Å². The van der Waals surface area contributed by atoms with Gasteiger partial charge in [-0.3, -0.25) is 19.7 Å². The van der Waals surface area contributed by atoms with E-state index in [1.807, 2.05) is 62.9 Å². The van der Waals surface area contributed by atoms with Crippen LogP contribution in [0.2, 0.25) is 0 Å². The molecule has 10 heteroatoms. The molecule has 3 amide bonds. The Morgan fingerprint density at radius 1 is 0.978 bits per heavy atom. The predicted octanol–water partition coefficient (Wildman–Crippen LogP) is 7.16. The summed E-state index contributed by atoms with van der Waals surface area (Å²) in [7, 11) is 0. The van der Waals surface area contributed by atoms with Crippen LogP contribution >= 0.6 is 23.1 Å². The minimum atomic E-state index is -0.185. The first kappa shape index (κ1) is 36.3. The lowest BCUT2D eigenvalue weighted by molar-refractivity contribution is -0.130. The van der Waals surface area contributed by atoms with Crippen molar-refractivity contribution in [3.63, 3.8) is 0 Å². The van der Waals surface area contributed by atoms with Gasteiger partial charge in [0.2, 0.25) is 5.91 Å². The number of hydrogen-bond donors (Lipinski definition) is 2. The van der Waals surface area contributed by atoms with Crippen molar-refractivity contribution in [2.75, 3.05) is 31.5 Å². The molecule has 1 unspecified atom stereocenters. The second-order valence-corrected chi connectivity index (χ2v) is 14.6. The number of aryl methyl sites for hydroxylation is 1. The molecule has 8 nitrogen and oxygen atoms in total. The molecule has 1 fully saturated rings. The van der Waals surface area contributed by atoms with Gasteiger partial charge in [0.25, 0.3) is 11.8 Å². The normalized spacial score (nSPS) is 14.0. The number of carbonyl (C=O) groups excluding carboxylic acids is 3. The number of thioether (sulfide) groups is 1. The van der Waals surface area contributed by atoms with Gasteiger partial charge >= 0.3 is 0 Å². The Balaban J connectivity index is 0.00000271. The summed E-state index contributed by atoms with van der Waals surface area (Å²) < 4.78 is 0.983. The second-order valence-electron chi connectivity index (χ2n) is 12.3. The van der Waals surface area contributed by atoms with E-state index >= 15 is 0 Å². The summed E-state index contributed by atoms with van der Waals surface area (Å²) in [5.41, 5.74) is 5.74. The van der Waals surface area contributed by atoms with Crippen LogP contribution < -0.4 is 10.6 Å². The summed E-state index contributed by atoms with van der Waals surface area (Å²) in [6.07, 6.45) is 1.78. The molecule has 0 spiro atoms. The molecular weight excluding hydrogens is 603 g/mol. The monoisotopic (exact) mass is 651 g/mol. The van der Waals surface area contributed by atoms with Gasteiger partial charge in [0.1, 0.15) is 0 Å². The largest absolute Gasteiger partial charge is 0.339 e. The van der Waals surface area contributed by atoms with Crippen LogP contribution in [0.1, 0.15) is 91.4 Å². The van der Waals surface area contributed by atoms with Crippen molar-refractivity contribution < 1.29 is 14.4 Å². The van der Waals surface area contributed by atoms with Crippen molar-refractivity contribution in [2.24, 2.45) is 5.41 Å². The first-order valence-corrected chi connectivity index (χ1v) is 17.5. The number of benzene rings is 2. The number of thiazole rings is 1. The van der Waals surface area contributed by atoms with Gasteiger partial charge in [-0.1, -0.05) is 64.2 Å². The molecule has 1 aliphatic rings. The van der Waals surface area contributed by atoms with Gasteiger partial charge < -0.3 is 15.1 Å². The lowest BCUT2D eigenvalue weighted by Crippen LogP contribution is -2.50. The highest BCUT2D eigenvalue weighted by Crippen LogP contribution is 2.32. The van der Waals surface area contributed by atoms with E-state index in [0.29, 0.717) is 48.7 Å². The van der Waals surface area contributed by atoms with Crippen LogP contribution in [0.3, 0.4) is 0 Å². The summed E-state index contributed by atoms with van der Waals surface area (Å²) >= 11 is 3.07. The number of anilines is 1. The Hall–Kier alpha value is -3.21. The highest BCUT2D eigenvalue weighted by molar-refractivity contribution is 8.00. The Morgan fingerprint density at radius 2 is 1.60 bits per heavy atom. The topological polar surface area (TPSA) is 94.6 Å². The van der Waals surface area contributed by atoms with Crippen molar-refractivity contribution >= 4 is 46.0 Å². The highest BCUT2D eigenvalue weighted by atomic mass is 32.2. The van der Waals surface area contributed by atoms with Gasteiger partial charge in [-0.15, -0.1) is 11.8 Å². The molecule has 1 atom stereocenters. The number of rotatable bonds is 9.